The van der Waals surface area contributed by atoms with Gasteiger partial charge >= 0.3 is 0 Å². The number of rotatable bonds is 6. The molecule has 2 aromatic carbocycles. The molecular weight excluding hydrogens is 260 g/mol. The van der Waals surface area contributed by atoms with Gasteiger partial charge < -0.3 is 4.74 Å². The summed E-state index contributed by atoms with van der Waals surface area (Å²) in [5.41, 5.74) is 2.59. The summed E-state index contributed by atoms with van der Waals surface area (Å²) in [7, 11) is 0. The number of ketones is 1. The van der Waals surface area contributed by atoms with Gasteiger partial charge in [0.2, 0.25) is 0 Å². The van der Waals surface area contributed by atoms with E-state index in [-0.39, 0.29) is 5.78 Å². The van der Waals surface area contributed by atoms with Gasteiger partial charge in [0.05, 0.1) is 12.2 Å². The molecule has 0 aliphatic carbocycles. The zero-order valence-corrected chi connectivity index (χ0v) is 12.9. The van der Waals surface area contributed by atoms with Crippen LogP contribution < -0.4 is 4.74 Å². The summed E-state index contributed by atoms with van der Waals surface area (Å²) in [5.74, 6) is 1.18. The van der Waals surface area contributed by atoms with Gasteiger partial charge in [-0.15, -0.1) is 0 Å². The van der Waals surface area contributed by atoms with Crippen LogP contribution in [0, 0.1) is 0 Å². The Balaban J connectivity index is 2.28. The molecule has 2 rings (SSSR count). The van der Waals surface area contributed by atoms with Crippen LogP contribution in [0.1, 0.15) is 54.6 Å². The maximum atomic E-state index is 12.6. The summed E-state index contributed by atoms with van der Waals surface area (Å²) in [6, 6.07) is 15.3. The van der Waals surface area contributed by atoms with E-state index in [2.05, 4.69) is 13.8 Å². The lowest BCUT2D eigenvalue weighted by Gasteiger charge is -2.11. The molecule has 0 saturated carbocycles. The lowest BCUT2D eigenvalue weighted by Crippen LogP contribution is -2.05. The van der Waals surface area contributed by atoms with E-state index in [1.165, 1.54) is 5.56 Å². The molecule has 0 aromatic heterocycles. The van der Waals surface area contributed by atoms with E-state index in [4.69, 9.17) is 4.74 Å². The minimum absolute atomic E-state index is 0.00903. The molecule has 1 atom stereocenters. The summed E-state index contributed by atoms with van der Waals surface area (Å²) in [6.45, 7) is 6.84. The molecule has 2 aromatic rings. The first-order chi connectivity index (χ1) is 10.2. The first-order valence-corrected chi connectivity index (χ1v) is 7.53. The fourth-order valence-electron chi connectivity index (χ4n) is 2.29. The molecule has 1 unspecified atom stereocenters. The number of ether oxygens (including phenoxy) is 1. The fraction of sp³-hybridized carbons (Fsp3) is 0.316. The van der Waals surface area contributed by atoms with Gasteiger partial charge in [-0.3, -0.25) is 4.79 Å². The number of hydrogen-bond donors (Lipinski definition) is 0. The Hall–Kier alpha value is -2.09. The lowest BCUT2D eigenvalue weighted by atomic mass is 9.95. The second kappa shape index (κ2) is 7.07. The van der Waals surface area contributed by atoms with Gasteiger partial charge in [-0.05, 0) is 37.0 Å². The monoisotopic (exact) mass is 282 g/mol. The van der Waals surface area contributed by atoms with Crippen molar-refractivity contribution in [2.75, 3.05) is 6.61 Å². The van der Waals surface area contributed by atoms with Crippen LogP contribution in [0.5, 0.6) is 5.75 Å². The van der Waals surface area contributed by atoms with Crippen LogP contribution in [0.25, 0.3) is 0 Å². The van der Waals surface area contributed by atoms with Gasteiger partial charge in [0.25, 0.3) is 0 Å². The van der Waals surface area contributed by atoms with Gasteiger partial charge in [-0.25, -0.2) is 0 Å². The second-order valence-corrected chi connectivity index (χ2v) is 5.19. The molecule has 0 radical (unpaired) electrons. The zero-order chi connectivity index (χ0) is 15.2. The van der Waals surface area contributed by atoms with Crippen molar-refractivity contribution in [3.05, 3.63) is 65.2 Å². The minimum Gasteiger partial charge on any atom is -0.493 e. The van der Waals surface area contributed by atoms with Gasteiger partial charge in [0.15, 0.2) is 5.78 Å². The minimum atomic E-state index is 0.00903. The predicted molar refractivity (Wildman–Crippen MR) is 86.2 cm³/mol. The van der Waals surface area contributed by atoms with E-state index < -0.39 is 0 Å². The third-order valence-corrected chi connectivity index (χ3v) is 3.79. The largest absolute Gasteiger partial charge is 0.493 e. The normalized spacial score (nSPS) is 12.0. The van der Waals surface area contributed by atoms with Crippen LogP contribution in [-0.4, -0.2) is 12.4 Å². The molecule has 0 bridgehead atoms. The Morgan fingerprint density at radius 2 is 1.71 bits per heavy atom. The number of hydrogen-bond acceptors (Lipinski definition) is 2. The summed E-state index contributed by atoms with van der Waals surface area (Å²) in [4.78, 5) is 12.6. The van der Waals surface area contributed by atoms with Crippen molar-refractivity contribution in [1.82, 2.24) is 0 Å². The molecule has 0 heterocycles. The molecule has 0 N–H and O–H groups in total. The van der Waals surface area contributed by atoms with E-state index in [0.717, 1.165) is 6.42 Å². The van der Waals surface area contributed by atoms with Crippen molar-refractivity contribution in [2.45, 2.75) is 33.1 Å². The first kappa shape index (κ1) is 15.3. The topological polar surface area (TPSA) is 26.3 Å². The summed E-state index contributed by atoms with van der Waals surface area (Å²) in [6.07, 6.45) is 1.10. The Kier molecular flexibility index (Phi) is 5.15. The first-order valence-electron chi connectivity index (χ1n) is 7.53. The SMILES string of the molecule is CCOc1ccccc1C(=O)c1ccc(C(C)CC)cc1. The summed E-state index contributed by atoms with van der Waals surface area (Å²) >= 11 is 0. The van der Waals surface area contributed by atoms with E-state index in [1.807, 2.05) is 55.5 Å². The highest BCUT2D eigenvalue weighted by Gasteiger charge is 2.14. The Morgan fingerprint density at radius 1 is 1.05 bits per heavy atom. The van der Waals surface area contributed by atoms with Crippen LogP contribution in [-0.2, 0) is 0 Å². The molecule has 0 fully saturated rings. The highest BCUT2D eigenvalue weighted by Crippen LogP contribution is 2.23. The van der Waals surface area contributed by atoms with Crippen molar-refractivity contribution >= 4 is 5.78 Å². The average molecular weight is 282 g/mol. The van der Waals surface area contributed by atoms with E-state index in [0.29, 0.717) is 29.4 Å². The van der Waals surface area contributed by atoms with Crippen molar-refractivity contribution in [1.29, 1.82) is 0 Å². The summed E-state index contributed by atoms with van der Waals surface area (Å²) < 4.78 is 5.54. The highest BCUT2D eigenvalue weighted by molar-refractivity contribution is 6.10. The molecular formula is C19H22O2. The predicted octanol–water partition coefficient (Wildman–Crippen LogP) is 4.83. The average Bonchev–Trinajstić information content (AvgIpc) is 2.54. The quantitative estimate of drug-likeness (QED) is 0.709. The fourth-order valence-corrected chi connectivity index (χ4v) is 2.29. The maximum Gasteiger partial charge on any atom is 0.196 e. The number of carbonyl (C=O) groups is 1. The van der Waals surface area contributed by atoms with Gasteiger partial charge in [0, 0.05) is 5.56 Å². The molecule has 0 saturated heterocycles. The van der Waals surface area contributed by atoms with Gasteiger partial charge in [-0.1, -0.05) is 50.2 Å². The van der Waals surface area contributed by atoms with E-state index in [1.54, 1.807) is 0 Å². The molecule has 2 heteroatoms. The Bertz CT molecular complexity index is 599. The van der Waals surface area contributed by atoms with E-state index >= 15 is 0 Å². The smallest absolute Gasteiger partial charge is 0.196 e. The van der Waals surface area contributed by atoms with Crippen LogP contribution in [0.2, 0.25) is 0 Å². The van der Waals surface area contributed by atoms with Crippen molar-refractivity contribution in [3.63, 3.8) is 0 Å². The molecule has 0 spiro atoms. The lowest BCUT2D eigenvalue weighted by molar-refractivity contribution is 0.103. The highest BCUT2D eigenvalue weighted by atomic mass is 16.5. The molecule has 0 aliphatic rings. The van der Waals surface area contributed by atoms with E-state index in [9.17, 15) is 4.79 Å². The van der Waals surface area contributed by atoms with Gasteiger partial charge in [-0.2, -0.15) is 0 Å². The van der Waals surface area contributed by atoms with Crippen LogP contribution >= 0.6 is 0 Å². The standard InChI is InChI=1S/C19H22O2/c1-4-14(3)15-10-12-16(13-11-15)19(20)17-8-6-7-9-18(17)21-5-2/h6-14H,4-5H2,1-3H3. The molecule has 21 heavy (non-hydrogen) atoms. The van der Waals surface area contributed by atoms with Gasteiger partial charge in [0.1, 0.15) is 5.75 Å². The molecule has 0 aliphatic heterocycles. The maximum absolute atomic E-state index is 12.6. The van der Waals surface area contributed by atoms with Crippen molar-refractivity contribution < 1.29 is 9.53 Å². The van der Waals surface area contributed by atoms with Crippen LogP contribution in [0.4, 0.5) is 0 Å². The van der Waals surface area contributed by atoms with Crippen LogP contribution in [0.3, 0.4) is 0 Å². The Morgan fingerprint density at radius 3 is 2.33 bits per heavy atom. The third kappa shape index (κ3) is 3.52. The molecule has 0 amide bonds. The zero-order valence-electron chi connectivity index (χ0n) is 12.9. The number of carbonyl (C=O) groups excluding carboxylic acids is 1. The van der Waals surface area contributed by atoms with Crippen LogP contribution in [0.15, 0.2) is 48.5 Å². The Labute approximate surface area is 126 Å². The number of benzene rings is 2. The third-order valence-electron chi connectivity index (χ3n) is 3.79. The van der Waals surface area contributed by atoms with Crippen molar-refractivity contribution in [2.24, 2.45) is 0 Å². The second-order valence-electron chi connectivity index (χ2n) is 5.19. The molecule has 110 valence electrons. The number of para-hydroxylation sites is 1. The van der Waals surface area contributed by atoms with Crippen molar-refractivity contribution in [3.8, 4) is 5.75 Å². The summed E-state index contributed by atoms with van der Waals surface area (Å²) in [5, 5.41) is 0. The molecule has 2 nitrogen and oxygen atoms in total.